The topological polar surface area (TPSA) is 53.4 Å². The summed E-state index contributed by atoms with van der Waals surface area (Å²) in [5.41, 5.74) is 0.880. The molecule has 0 aliphatic rings. The first-order valence-electron chi connectivity index (χ1n) is 3.90. The molecule has 0 aliphatic heterocycles. The molecular weight excluding hydrogens is 188 g/mol. The number of thiazole rings is 1. The second-order valence-corrected chi connectivity index (χ2v) is 3.68. The summed E-state index contributed by atoms with van der Waals surface area (Å²) in [5.74, 6) is -0.339. The van der Waals surface area contributed by atoms with Gasteiger partial charge in [-0.1, -0.05) is 0 Å². The van der Waals surface area contributed by atoms with Crippen molar-refractivity contribution in [3.8, 4) is 0 Å². The van der Waals surface area contributed by atoms with Crippen molar-refractivity contribution in [1.82, 2.24) is 4.98 Å². The summed E-state index contributed by atoms with van der Waals surface area (Å²) >= 11 is 1.39. The predicted molar refractivity (Wildman–Crippen MR) is 51.9 cm³/mol. The van der Waals surface area contributed by atoms with Crippen LogP contribution in [-0.4, -0.2) is 29.1 Å². The smallest absolute Gasteiger partial charge is 0.257 e. The quantitative estimate of drug-likeness (QED) is 0.768. The zero-order chi connectivity index (χ0) is 10.0. The zero-order valence-electron chi connectivity index (χ0n) is 7.81. The van der Waals surface area contributed by atoms with E-state index >= 15 is 0 Å². The molecule has 1 atom stereocenters. The van der Waals surface area contributed by atoms with Crippen molar-refractivity contribution in [3.05, 3.63) is 11.1 Å². The summed E-state index contributed by atoms with van der Waals surface area (Å²) in [4.78, 5) is 16.8. The Kier molecular flexibility index (Phi) is 3.00. The zero-order valence-corrected chi connectivity index (χ0v) is 8.63. The molecule has 13 heavy (non-hydrogen) atoms. The summed E-state index contributed by atoms with van der Waals surface area (Å²) in [6, 6.07) is 0. The monoisotopic (exact) mass is 200 g/mol. The van der Waals surface area contributed by atoms with Crippen LogP contribution in [-0.2, 0) is 4.79 Å². The molecule has 5 heteroatoms. The standard InChI is InChI=1S/C8H12N2O2S/c1-5-4-13-8(9-5)10(3)7(12)6(2)11/h4,6,11H,1-3H3/t6-/m0/s1. The predicted octanol–water partition coefficient (Wildman–Crippen LogP) is 0.795. The number of hydrogen-bond acceptors (Lipinski definition) is 4. The van der Waals surface area contributed by atoms with Crippen LogP contribution in [0.25, 0.3) is 0 Å². The molecule has 1 amide bonds. The first-order valence-corrected chi connectivity index (χ1v) is 4.78. The van der Waals surface area contributed by atoms with Gasteiger partial charge in [-0.15, -0.1) is 11.3 Å². The third kappa shape index (κ3) is 2.26. The van der Waals surface area contributed by atoms with E-state index in [1.54, 1.807) is 7.05 Å². The SMILES string of the molecule is Cc1csc(N(C)C(=O)[C@H](C)O)n1. The van der Waals surface area contributed by atoms with Crippen LogP contribution >= 0.6 is 11.3 Å². The highest BCUT2D eigenvalue weighted by Gasteiger charge is 2.17. The summed E-state index contributed by atoms with van der Waals surface area (Å²) in [7, 11) is 1.60. The summed E-state index contributed by atoms with van der Waals surface area (Å²) < 4.78 is 0. The average molecular weight is 200 g/mol. The van der Waals surface area contributed by atoms with Crippen molar-refractivity contribution in [2.45, 2.75) is 20.0 Å². The Morgan fingerprint density at radius 3 is 2.77 bits per heavy atom. The number of hydrogen-bond donors (Lipinski definition) is 1. The Morgan fingerprint density at radius 1 is 1.77 bits per heavy atom. The maximum absolute atomic E-state index is 11.3. The van der Waals surface area contributed by atoms with Gasteiger partial charge in [0.05, 0.1) is 5.69 Å². The van der Waals surface area contributed by atoms with E-state index in [9.17, 15) is 4.79 Å². The Balaban J connectivity index is 2.79. The summed E-state index contributed by atoms with van der Waals surface area (Å²) in [6.07, 6.45) is -0.978. The van der Waals surface area contributed by atoms with Crippen molar-refractivity contribution in [1.29, 1.82) is 0 Å². The first kappa shape index (κ1) is 10.1. The van der Waals surface area contributed by atoms with Gasteiger partial charge in [0.1, 0.15) is 6.10 Å². The van der Waals surface area contributed by atoms with Crippen LogP contribution in [0, 0.1) is 6.92 Å². The molecule has 72 valence electrons. The van der Waals surface area contributed by atoms with Crippen molar-refractivity contribution in [2.75, 3.05) is 11.9 Å². The second kappa shape index (κ2) is 3.85. The molecule has 4 nitrogen and oxygen atoms in total. The van der Waals surface area contributed by atoms with Gasteiger partial charge in [-0.05, 0) is 13.8 Å². The number of carbonyl (C=O) groups is 1. The van der Waals surface area contributed by atoms with Crippen LogP contribution in [0.1, 0.15) is 12.6 Å². The molecule has 1 heterocycles. The molecule has 0 unspecified atom stereocenters. The van der Waals surface area contributed by atoms with E-state index in [4.69, 9.17) is 5.11 Å². The minimum atomic E-state index is -0.978. The third-order valence-corrected chi connectivity index (χ3v) is 2.62. The number of anilines is 1. The van der Waals surface area contributed by atoms with Crippen LogP contribution in [0.4, 0.5) is 5.13 Å². The van der Waals surface area contributed by atoms with Gasteiger partial charge in [-0.2, -0.15) is 0 Å². The van der Waals surface area contributed by atoms with Crippen LogP contribution in [0.2, 0.25) is 0 Å². The lowest BCUT2D eigenvalue weighted by Crippen LogP contribution is -2.34. The summed E-state index contributed by atoms with van der Waals surface area (Å²) in [5, 5.41) is 11.5. The van der Waals surface area contributed by atoms with Crippen LogP contribution in [0.15, 0.2) is 5.38 Å². The first-order chi connectivity index (χ1) is 6.02. The van der Waals surface area contributed by atoms with Crippen molar-refractivity contribution >= 4 is 22.4 Å². The van der Waals surface area contributed by atoms with Crippen LogP contribution in [0.3, 0.4) is 0 Å². The van der Waals surface area contributed by atoms with Crippen molar-refractivity contribution < 1.29 is 9.90 Å². The number of aliphatic hydroxyl groups excluding tert-OH is 1. The van der Waals surface area contributed by atoms with Crippen molar-refractivity contribution in [3.63, 3.8) is 0 Å². The van der Waals surface area contributed by atoms with E-state index in [-0.39, 0.29) is 5.91 Å². The number of rotatable bonds is 2. The van der Waals surface area contributed by atoms with Crippen molar-refractivity contribution in [2.24, 2.45) is 0 Å². The molecule has 0 aliphatic carbocycles. The number of aliphatic hydroxyl groups is 1. The molecule has 1 N–H and O–H groups in total. The van der Waals surface area contributed by atoms with Crippen LogP contribution < -0.4 is 4.90 Å². The van der Waals surface area contributed by atoms with E-state index in [1.165, 1.54) is 23.2 Å². The molecular formula is C8H12N2O2S. The largest absolute Gasteiger partial charge is 0.384 e. The minimum absolute atomic E-state index is 0.339. The number of nitrogens with zero attached hydrogens (tertiary/aromatic N) is 2. The number of carbonyl (C=O) groups excluding carboxylic acids is 1. The third-order valence-electron chi connectivity index (χ3n) is 1.58. The second-order valence-electron chi connectivity index (χ2n) is 2.84. The van der Waals surface area contributed by atoms with Gasteiger partial charge in [0.25, 0.3) is 5.91 Å². The highest BCUT2D eigenvalue weighted by molar-refractivity contribution is 7.14. The van der Waals surface area contributed by atoms with Gasteiger partial charge in [0, 0.05) is 12.4 Å². The number of likely N-dealkylation sites (N-methyl/N-ethyl adjacent to an activating group) is 1. The van der Waals surface area contributed by atoms with Gasteiger partial charge in [-0.3, -0.25) is 9.69 Å². The van der Waals surface area contributed by atoms with Gasteiger partial charge in [0.2, 0.25) is 0 Å². The molecule has 0 saturated carbocycles. The van der Waals surface area contributed by atoms with E-state index in [1.807, 2.05) is 12.3 Å². The Hall–Kier alpha value is -0.940. The molecule has 0 saturated heterocycles. The molecule has 1 aromatic rings. The number of amides is 1. The molecule has 0 fully saturated rings. The molecule has 1 rings (SSSR count). The minimum Gasteiger partial charge on any atom is -0.384 e. The average Bonchev–Trinajstić information content (AvgIpc) is 2.49. The van der Waals surface area contributed by atoms with Gasteiger partial charge < -0.3 is 5.11 Å². The highest BCUT2D eigenvalue weighted by atomic mass is 32.1. The molecule has 0 radical (unpaired) electrons. The van der Waals surface area contributed by atoms with E-state index < -0.39 is 6.10 Å². The molecule has 0 bridgehead atoms. The highest BCUT2D eigenvalue weighted by Crippen LogP contribution is 2.19. The van der Waals surface area contributed by atoms with E-state index in [0.717, 1.165) is 5.69 Å². The van der Waals surface area contributed by atoms with E-state index in [2.05, 4.69) is 4.98 Å². The fourth-order valence-corrected chi connectivity index (χ4v) is 1.64. The molecule has 1 aromatic heterocycles. The molecule has 0 aromatic carbocycles. The Bertz CT molecular complexity index is 309. The lowest BCUT2D eigenvalue weighted by atomic mass is 10.4. The fraction of sp³-hybridized carbons (Fsp3) is 0.500. The lowest BCUT2D eigenvalue weighted by Gasteiger charge is -2.14. The summed E-state index contributed by atoms with van der Waals surface area (Å²) in [6.45, 7) is 3.31. The number of aryl methyl sites for hydroxylation is 1. The van der Waals surface area contributed by atoms with Gasteiger partial charge >= 0.3 is 0 Å². The number of aromatic nitrogens is 1. The maximum atomic E-state index is 11.3. The van der Waals surface area contributed by atoms with Gasteiger partial charge in [-0.25, -0.2) is 4.98 Å². The van der Waals surface area contributed by atoms with Gasteiger partial charge in [0.15, 0.2) is 5.13 Å². The Labute approximate surface area is 80.8 Å². The lowest BCUT2D eigenvalue weighted by molar-refractivity contribution is -0.125. The Morgan fingerprint density at radius 2 is 2.38 bits per heavy atom. The van der Waals surface area contributed by atoms with E-state index in [0.29, 0.717) is 5.13 Å². The fourth-order valence-electron chi connectivity index (χ4n) is 0.870. The maximum Gasteiger partial charge on any atom is 0.257 e. The molecule has 0 spiro atoms. The normalized spacial score (nSPS) is 12.6. The van der Waals surface area contributed by atoms with Crippen LogP contribution in [0.5, 0.6) is 0 Å².